The molecule has 1 fully saturated rings. The highest BCUT2D eigenvalue weighted by atomic mass is 16.2. The molecule has 4 heteroatoms. The zero-order chi connectivity index (χ0) is 14.1. The van der Waals surface area contributed by atoms with Crippen LogP contribution in [0, 0.1) is 5.92 Å². The minimum Gasteiger partial charge on any atom is -0.351 e. The van der Waals surface area contributed by atoms with E-state index < -0.39 is 0 Å². The number of rotatable bonds is 3. The van der Waals surface area contributed by atoms with Gasteiger partial charge in [0.15, 0.2) is 0 Å². The Balaban J connectivity index is 1.71. The van der Waals surface area contributed by atoms with Crippen molar-refractivity contribution in [2.75, 3.05) is 33.7 Å². The van der Waals surface area contributed by atoms with Crippen molar-refractivity contribution in [1.82, 2.24) is 14.8 Å². The van der Waals surface area contributed by atoms with E-state index in [1.54, 1.807) is 0 Å². The lowest BCUT2D eigenvalue weighted by atomic mass is 10.1. The van der Waals surface area contributed by atoms with Crippen LogP contribution < -0.4 is 0 Å². The number of para-hydroxylation sites is 1. The van der Waals surface area contributed by atoms with Crippen molar-refractivity contribution in [3.05, 3.63) is 36.0 Å². The standard InChI is InChI=1S/C16H21N3O/c1-18-8-7-12(10-18)11-19(2)16(20)15-9-13-5-3-4-6-14(13)17-15/h3-6,9,12,17H,7-8,10-11H2,1-2H3. The summed E-state index contributed by atoms with van der Waals surface area (Å²) in [5.41, 5.74) is 1.70. The van der Waals surface area contributed by atoms with Crippen molar-refractivity contribution >= 4 is 16.8 Å². The zero-order valence-corrected chi connectivity index (χ0v) is 12.1. The van der Waals surface area contributed by atoms with Crippen LogP contribution in [0.25, 0.3) is 10.9 Å². The van der Waals surface area contributed by atoms with Gasteiger partial charge < -0.3 is 14.8 Å². The summed E-state index contributed by atoms with van der Waals surface area (Å²) in [7, 11) is 4.03. The van der Waals surface area contributed by atoms with Gasteiger partial charge in [0.05, 0.1) is 0 Å². The molecule has 2 aromatic rings. The van der Waals surface area contributed by atoms with Crippen LogP contribution in [-0.2, 0) is 0 Å². The van der Waals surface area contributed by atoms with E-state index in [4.69, 9.17) is 0 Å². The molecule has 0 radical (unpaired) electrons. The average Bonchev–Trinajstić information content (AvgIpc) is 3.03. The Morgan fingerprint density at radius 2 is 2.25 bits per heavy atom. The van der Waals surface area contributed by atoms with Gasteiger partial charge in [-0.3, -0.25) is 4.79 Å². The van der Waals surface area contributed by atoms with Crippen LogP contribution >= 0.6 is 0 Å². The minimum absolute atomic E-state index is 0.0794. The van der Waals surface area contributed by atoms with Gasteiger partial charge in [0, 0.05) is 31.0 Å². The predicted molar refractivity (Wildman–Crippen MR) is 80.9 cm³/mol. The highest BCUT2D eigenvalue weighted by molar-refractivity contribution is 5.97. The van der Waals surface area contributed by atoms with E-state index in [9.17, 15) is 4.79 Å². The molecule has 3 rings (SSSR count). The lowest BCUT2D eigenvalue weighted by Crippen LogP contribution is -2.33. The number of hydrogen-bond donors (Lipinski definition) is 1. The van der Waals surface area contributed by atoms with Gasteiger partial charge in [0.1, 0.15) is 5.69 Å². The second-order valence-electron chi connectivity index (χ2n) is 5.87. The maximum absolute atomic E-state index is 12.5. The number of benzene rings is 1. The molecule has 1 aromatic carbocycles. The number of hydrogen-bond acceptors (Lipinski definition) is 2. The van der Waals surface area contributed by atoms with Crippen LogP contribution in [0.5, 0.6) is 0 Å². The number of nitrogens with one attached hydrogen (secondary N) is 1. The lowest BCUT2D eigenvalue weighted by Gasteiger charge is -2.20. The number of amides is 1. The first-order chi connectivity index (χ1) is 9.63. The predicted octanol–water partition coefficient (Wildman–Crippen LogP) is 2.19. The van der Waals surface area contributed by atoms with Crippen LogP contribution in [0.3, 0.4) is 0 Å². The molecule has 1 N–H and O–H groups in total. The summed E-state index contributed by atoms with van der Waals surface area (Å²) in [4.78, 5) is 19.8. The van der Waals surface area contributed by atoms with E-state index in [2.05, 4.69) is 16.9 Å². The van der Waals surface area contributed by atoms with E-state index >= 15 is 0 Å². The Bertz CT molecular complexity index is 586. The van der Waals surface area contributed by atoms with Crippen molar-refractivity contribution in [1.29, 1.82) is 0 Å². The molecule has 106 valence electrons. The third-order valence-electron chi connectivity index (χ3n) is 4.13. The minimum atomic E-state index is 0.0794. The topological polar surface area (TPSA) is 39.3 Å². The van der Waals surface area contributed by atoms with E-state index in [-0.39, 0.29) is 5.91 Å². The van der Waals surface area contributed by atoms with Crippen molar-refractivity contribution in [3.8, 4) is 0 Å². The molecule has 1 unspecified atom stereocenters. The normalized spacial score (nSPS) is 19.6. The van der Waals surface area contributed by atoms with Gasteiger partial charge in [-0.05, 0) is 38.1 Å². The smallest absolute Gasteiger partial charge is 0.270 e. The quantitative estimate of drug-likeness (QED) is 0.929. The van der Waals surface area contributed by atoms with Gasteiger partial charge in [-0.2, -0.15) is 0 Å². The number of carbonyl (C=O) groups excluding carboxylic acids is 1. The Labute approximate surface area is 119 Å². The molecular weight excluding hydrogens is 250 g/mol. The fraction of sp³-hybridized carbons (Fsp3) is 0.438. The first-order valence-electron chi connectivity index (χ1n) is 7.15. The van der Waals surface area contributed by atoms with Crippen molar-refractivity contribution in [2.24, 2.45) is 5.92 Å². The van der Waals surface area contributed by atoms with Gasteiger partial charge >= 0.3 is 0 Å². The first-order valence-corrected chi connectivity index (χ1v) is 7.15. The molecule has 1 aromatic heterocycles. The van der Waals surface area contributed by atoms with Crippen LogP contribution in [0.15, 0.2) is 30.3 Å². The van der Waals surface area contributed by atoms with Crippen LogP contribution in [-0.4, -0.2) is 54.4 Å². The van der Waals surface area contributed by atoms with Crippen molar-refractivity contribution < 1.29 is 4.79 Å². The number of carbonyl (C=O) groups is 1. The number of nitrogens with zero attached hydrogens (tertiary/aromatic N) is 2. The van der Waals surface area contributed by atoms with Gasteiger partial charge in [0.2, 0.25) is 0 Å². The maximum atomic E-state index is 12.5. The molecule has 1 amide bonds. The molecule has 1 saturated heterocycles. The molecule has 20 heavy (non-hydrogen) atoms. The molecule has 1 atom stereocenters. The number of likely N-dealkylation sites (tertiary alicyclic amines) is 1. The lowest BCUT2D eigenvalue weighted by molar-refractivity contribution is 0.0769. The zero-order valence-electron chi connectivity index (χ0n) is 12.1. The second-order valence-corrected chi connectivity index (χ2v) is 5.87. The Morgan fingerprint density at radius 3 is 2.95 bits per heavy atom. The monoisotopic (exact) mass is 271 g/mol. The van der Waals surface area contributed by atoms with Crippen molar-refractivity contribution in [3.63, 3.8) is 0 Å². The fourth-order valence-electron chi connectivity index (χ4n) is 3.04. The third kappa shape index (κ3) is 2.56. The maximum Gasteiger partial charge on any atom is 0.270 e. The number of aromatic amines is 1. The molecule has 1 aliphatic rings. The van der Waals surface area contributed by atoms with E-state index in [0.29, 0.717) is 11.6 Å². The molecular formula is C16H21N3O. The molecule has 2 heterocycles. The van der Waals surface area contributed by atoms with E-state index in [0.717, 1.165) is 30.5 Å². The summed E-state index contributed by atoms with van der Waals surface area (Å²) in [6.45, 7) is 3.06. The fourth-order valence-corrected chi connectivity index (χ4v) is 3.04. The number of H-pyrrole nitrogens is 1. The summed E-state index contributed by atoms with van der Waals surface area (Å²) in [5.74, 6) is 0.675. The SMILES string of the molecule is CN1CCC(CN(C)C(=O)c2cc3ccccc3[nH]2)C1. The van der Waals surface area contributed by atoms with Crippen LogP contribution in [0.1, 0.15) is 16.9 Å². The second kappa shape index (κ2) is 5.29. The summed E-state index contributed by atoms with van der Waals surface area (Å²) >= 11 is 0. The Hall–Kier alpha value is -1.81. The molecule has 1 aliphatic heterocycles. The number of fused-ring (bicyclic) bond motifs is 1. The first kappa shape index (κ1) is 13.2. The molecule has 0 saturated carbocycles. The van der Waals surface area contributed by atoms with Crippen LogP contribution in [0.4, 0.5) is 0 Å². The highest BCUT2D eigenvalue weighted by Crippen LogP contribution is 2.18. The Kier molecular flexibility index (Phi) is 3.49. The molecule has 0 spiro atoms. The average molecular weight is 271 g/mol. The van der Waals surface area contributed by atoms with Gasteiger partial charge in [0.25, 0.3) is 5.91 Å². The van der Waals surface area contributed by atoms with Gasteiger partial charge in [-0.15, -0.1) is 0 Å². The molecule has 4 nitrogen and oxygen atoms in total. The Morgan fingerprint density at radius 1 is 1.45 bits per heavy atom. The highest BCUT2D eigenvalue weighted by Gasteiger charge is 2.23. The molecule has 0 aliphatic carbocycles. The van der Waals surface area contributed by atoms with Gasteiger partial charge in [-0.25, -0.2) is 0 Å². The summed E-state index contributed by atoms with van der Waals surface area (Å²) < 4.78 is 0. The van der Waals surface area contributed by atoms with Crippen molar-refractivity contribution in [2.45, 2.75) is 6.42 Å². The van der Waals surface area contributed by atoms with Gasteiger partial charge in [-0.1, -0.05) is 18.2 Å². The summed E-state index contributed by atoms with van der Waals surface area (Å²) in [6, 6.07) is 9.93. The molecule has 0 bridgehead atoms. The largest absolute Gasteiger partial charge is 0.351 e. The van der Waals surface area contributed by atoms with Crippen LogP contribution in [0.2, 0.25) is 0 Å². The number of aromatic nitrogens is 1. The third-order valence-corrected chi connectivity index (χ3v) is 4.13. The summed E-state index contributed by atoms with van der Waals surface area (Å²) in [5, 5.41) is 1.09. The summed E-state index contributed by atoms with van der Waals surface area (Å²) in [6.07, 6.45) is 1.18. The van der Waals surface area contributed by atoms with E-state index in [1.165, 1.54) is 6.42 Å². The van der Waals surface area contributed by atoms with E-state index in [1.807, 2.05) is 42.3 Å².